The summed E-state index contributed by atoms with van der Waals surface area (Å²) >= 11 is 0. The summed E-state index contributed by atoms with van der Waals surface area (Å²) in [7, 11) is 4.56. The highest BCUT2D eigenvalue weighted by atomic mass is 16.5. The fourth-order valence-corrected chi connectivity index (χ4v) is 3.54. The van der Waals surface area contributed by atoms with Gasteiger partial charge in [0.05, 0.1) is 32.4 Å². The minimum absolute atomic E-state index is 0.0344. The van der Waals surface area contributed by atoms with Crippen molar-refractivity contribution in [1.29, 1.82) is 0 Å². The number of benzene rings is 2. The number of likely N-dealkylation sites (tertiary alicyclic amines) is 1. The summed E-state index contributed by atoms with van der Waals surface area (Å²) in [4.78, 5) is 27.1. The number of ether oxygens (including phenoxy) is 3. The van der Waals surface area contributed by atoms with Gasteiger partial charge in [-0.05, 0) is 24.6 Å². The number of Topliss-reactive ketones (excluding diaryl/α,β-unsaturated/α-hetero) is 1. The molecular formula is C23H25NO6. The molecule has 1 amide bonds. The van der Waals surface area contributed by atoms with Crippen molar-refractivity contribution in [3.05, 3.63) is 64.7 Å². The van der Waals surface area contributed by atoms with Crippen LogP contribution in [0.5, 0.6) is 11.5 Å². The van der Waals surface area contributed by atoms with Crippen molar-refractivity contribution in [3.8, 4) is 11.5 Å². The Balaban J connectivity index is 2.18. The number of rotatable bonds is 7. The maximum Gasteiger partial charge on any atom is 0.295 e. The van der Waals surface area contributed by atoms with Gasteiger partial charge in [-0.3, -0.25) is 9.59 Å². The van der Waals surface area contributed by atoms with E-state index in [-0.39, 0.29) is 24.5 Å². The van der Waals surface area contributed by atoms with Gasteiger partial charge < -0.3 is 24.2 Å². The number of aliphatic hydroxyl groups is 1. The fraction of sp³-hybridized carbons (Fsp3) is 0.304. The zero-order chi connectivity index (χ0) is 21.8. The Labute approximate surface area is 175 Å². The average Bonchev–Trinajstić information content (AvgIpc) is 3.01. The number of carbonyl (C=O) groups excluding carboxylic acids is 2. The van der Waals surface area contributed by atoms with Crippen molar-refractivity contribution in [2.75, 3.05) is 34.5 Å². The van der Waals surface area contributed by atoms with Gasteiger partial charge in [0.2, 0.25) is 0 Å². The molecule has 1 saturated heterocycles. The van der Waals surface area contributed by atoms with Crippen molar-refractivity contribution in [2.24, 2.45) is 0 Å². The zero-order valence-corrected chi connectivity index (χ0v) is 17.5. The van der Waals surface area contributed by atoms with E-state index in [1.807, 2.05) is 19.1 Å². The molecule has 7 nitrogen and oxygen atoms in total. The molecule has 1 fully saturated rings. The summed E-state index contributed by atoms with van der Waals surface area (Å²) in [5, 5.41) is 11.0. The predicted molar refractivity (Wildman–Crippen MR) is 112 cm³/mol. The second-order valence-electron chi connectivity index (χ2n) is 6.97. The van der Waals surface area contributed by atoms with Gasteiger partial charge in [0, 0.05) is 19.2 Å². The van der Waals surface area contributed by atoms with Gasteiger partial charge in [-0.2, -0.15) is 0 Å². The summed E-state index contributed by atoms with van der Waals surface area (Å²) in [6.45, 7) is 2.38. The van der Waals surface area contributed by atoms with Crippen LogP contribution in [0.4, 0.5) is 0 Å². The summed E-state index contributed by atoms with van der Waals surface area (Å²) in [5.41, 5.74) is 2.14. The van der Waals surface area contributed by atoms with Crippen LogP contribution in [0.2, 0.25) is 0 Å². The molecule has 7 heteroatoms. The van der Waals surface area contributed by atoms with E-state index in [4.69, 9.17) is 14.2 Å². The highest BCUT2D eigenvalue weighted by molar-refractivity contribution is 6.46. The lowest BCUT2D eigenvalue weighted by atomic mass is 9.94. The number of nitrogens with zero attached hydrogens (tertiary/aromatic N) is 1. The smallest absolute Gasteiger partial charge is 0.295 e. The van der Waals surface area contributed by atoms with Gasteiger partial charge in [-0.1, -0.05) is 35.9 Å². The lowest BCUT2D eigenvalue weighted by Crippen LogP contribution is -2.32. The van der Waals surface area contributed by atoms with Crippen molar-refractivity contribution < 1.29 is 28.9 Å². The largest absolute Gasteiger partial charge is 0.507 e. The Morgan fingerprint density at radius 1 is 1.00 bits per heavy atom. The monoisotopic (exact) mass is 411 g/mol. The number of hydrogen-bond donors (Lipinski definition) is 1. The number of methoxy groups -OCH3 is 3. The van der Waals surface area contributed by atoms with Gasteiger partial charge in [-0.15, -0.1) is 0 Å². The number of amides is 1. The lowest BCUT2D eigenvalue weighted by molar-refractivity contribution is -0.140. The Bertz CT molecular complexity index is 980. The van der Waals surface area contributed by atoms with E-state index in [2.05, 4.69) is 0 Å². The number of ketones is 1. The molecule has 0 radical (unpaired) electrons. The summed E-state index contributed by atoms with van der Waals surface area (Å²) in [5.74, 6) is -0.645. The minimum Gasteiger partial charge on any atom is -0.507 e. The van der Waals surface area contributed by atoms with Gasteiger partial charge in [-0.25, -0.2) is 0 Å². The Hall–Kier alpha value is -3.32. The first-order valence-corrected chi connectivity index (χ1v) is 9.49. The van der Waals surface area contributed by atoms with Crippen LogP contribution in [0.15, 0.2) is 48.0 Å². The van der Waals surface area contributed by atoms with E-state index in [9.17, 15) is 14.7 Å². The predicted octanol–water partition coefficient (Wildman–Crippen LogP) is 3.08. The van der Waals surface area contributed by atoms with Gasteiger partial charge in [0.25, 0.3) is 11.7 Å². The van der Waals surface area contributed by atoms with E-state index >= 15 is 0 Å². The molecule has 1 N–H and O–H groups in total. The van der Waals surface area contributed by atoms with E-state index in [0.29, 0.717) is 22.6 Å². The SMILES string of the molecule is COCCN1C(=O)C(=O)C(=C(O)c2ccc(C)cc2)[C@H]1c1ccc(OC)c(OC)c1. The highest BCUT2D eigenvalue weighted by Crippen LogP contribution is 2.41. The van der Waals surface area contributed by atoms with Gasteiger partial charge in [0.15, 0.2) is 11.5 Å². The molecule has 1 aliphatic heterocycles. The molecule has 158 valence electrons. The lowest BCUT2D eigenvalue weighted by Gasteiger charge is -2.25. The molecule has 3 rings (SSSR count). The average molecular weight is 411 g/mol. The second-order valence-corrected chi connectivity index (χ2v) is 6.97. The quantitative estimate of drug-likeness (QED) is 0.428. The summed E-state index contributed by atoms with van der Waals surface area (Å²) in [6.07, 6.45) is 0. The molecule has 0 unspecified atom stereocenters. The zero-order valence-electron chi connectivity index (χ0n) is 17.5. The van der Waals surface area contributed by atoms with E-state index < -0.39 is 17.7 Å². The van der Waals surface area contributed by atoms with Crippen LogP contribution in [0.25, 0.3) is 5.76 Å². The van der Waals surface area contributed by atoms with E-state index in [1.54, 1.807) is 30.3 Å². The molecule has 1 aliphatic rings. The molecular weight excluding hydrogens is 386 g/mol. The molecule has 2 aromatic carbocycles. The normalized spacial score (nSPS) is 18.0. The van der Waals surface area contributed by atoms with Crippen molar-refractivity contribution >= 4 is 17.4 Å². The molecule has 1 atom stereocenters. The number of hydrogen-bond acceptors (Lipinski definition) is 6. The maximum absolute atomic E-state index is 12.9. The van der Waals surface area contributed by atoms with Crippen molar-refractivity contribution in [3.63, 3.8) is 0 Å². The van der Waals surface area contributed by atoms with Crippen LogP contribution >= 0.6 is 0 Å². The molecule has 30 heavy (non-hydrogen) atoms. The first-order valence-electron chi connectivity index (χ1n) is 9.49. The molecule has 1 heterocycles. The maximum atomic E-state index is 12.9. The number of aryl methyl sites for hydroxylation is 1. The first kappa shape index (κ1) is 21.4. The van der Waals surface area contributed by atoms with Crippen LogP contribution in [0.1, 0.15) is 22.7 Å². The highest BCUT2D eigenvalue weighted by Gasteiger charge is 2.46. The first-order chi connectivity index (χ1) is 14.4. The number of carbonyl (C=O) groups is 2. The summed E-state index contributed by atoms with van der Waals surface area (Å²) in [6, 6.07) is 11.5. The second kappa shape index (κ2) is 9.00. The Morgan fingerprint density at radius 2 is 1.67 bits per heavy atom. The molecule has 0 aliphatic carbocycles. The third-order valence-electron chi connectivity index (χ3n) is 5.12. The standard InChI is InChI=1S/C23H25NO6/c1-14-5-7-15(8-6-14)21(25)19-20(24(11-12-28-2)23(27)22(19)26)16-9-10-17(29-3)18(13-16)30-4/h5-10,13,20,25H,11-12H2,1-4H3/t20-/m1/s1. The van der Waals surface area contributed by atoms with Gasteiger partial charge in [0.1, 0.15) is 5.76 Å². The summed E-state index contributed by atoms with van der Waals surface area (Å²) < 4.78 is 15.8. The van der Waals surface area contributed by atoms with Crippen molar-refractivity contribution in [2.45, 2.75) is 13.0 Å². The van der Waals surface area contributed by atoms with Crippen LogP contribution in [0.3, 0.4) is 0 Å². The Kier molecular flexibility index (Phi) is 6.42. The third-order valence-corrected chi connectivity index (χ3v) is 5.12. The van der Waals surface area contributed by atoms with Gasteiger partial charge >= 0.3 is 0 Å². The molecule has 0 saturated carbocycles. The molecule has 0 bridgehead atoms. The number of aliphatic hydroxyl groups excluding tert-OH is 1. The Morgan fingerprint density at radius 3 is 2.27 bits per heavy atom. The van der Waals surface area contributed by atoms with Crippen LogP contribution in [-0.4, -0.2) is 56.2 Å². The van der Waals surface area contributed by atoms with Crippen LogP contribution < -0.4 is 9.47 Å². The van der Waals surface area contributed by atoms with Crippen LogP contribution in [-0.2, 0) is 14.3 Å². The van der Waals surface area contributed by atoms with E-state index in [0.717, 1.165) is 5.56 Å². The topological polar surface area (TPSA) is 85.3 Å². The van der Waals surface area contributed by atoms with Crippen molar-refractivity contribution in [1.82, 2.24) is 4.90 Å². The fourth-order valence-electron chi connectivity index (χ4n) is 3.54. The minimum atomic E-state index is -0.777. The molecule has 0 aromatic heterocycles. The third kappa shape index (κ3) is 3.89. The molecule has 0 spiro atoms. The van der Waals surface area contributed by atoms with Crippen LogP contribution in [0, 0.1) is 6.92 Å². The van der Waals surface area contributed by atoms with E-state index in [1.165, 1.54) is 26.2 Å². The molecule has 2 aromatic rings.